The number of hydrogen-bond donors (Lipinski definition) is 2. The van der Waals surface area contributed by atoms with Gasteiger partial charge in [0.25, 0.3) is 0 Å². The number of fused-ring (bicyclic) bond motifs is 1. The highest BCUT2D eigenvalue weighted by Gasteiger charge is 2.23. The summed E-state index contributed by atoms with van der Waals surface area (Å²) in [5.74, 6) is -1.02. The van der Waals surface area contributed by atoms with Crippen LogP contribution in [0.15, 0.2) is 18.6 Å². The number of carbonyl (C=O) groups is 1. The number of hydrogen-bond acceptors (Lipinski definition) is 4. The maximum Gasteiger partial charge on any atom is 0.313 e. The van der Waals surface area contributed by atoms with Gasteiger partial charge in [-0.3, -0.25) is 9.78 Å². The van der Waals surface area contributed by atoms with Crippen LogP contribution in [-0.2, 0) is 4.79 Å². The molecule has 84 valence electrons. The summed E-state index contributed by atoms with van der Waals surface area (Å²) in [6, 6.07) is 0. The van der Waals surface area contributed by atoms with E-state index in [1.54, 1.807) is 23.0 Å². The summed E-state index contributed by atoms with van der Waals surface area (Å²) in [5, 5.41) is 9.05. The molecule has 2 aromatic rings. The third-order valence-corrected chi connectivity index (χ3v) is 2.52. The summed E-state index contributed by atoms with van der Waals surface area (Å²) in [6.07, 6.45) is 4.97. The van der Waals surface area contributed by atoms with Crippen molar-refractivity contribution >= 4 is 11.5 Å². The van der Waals surface area contributed by atoms with Gasteiger partial charge in [-0.2, -0.15) is 0 Å². The molecule has 2 heterocycles. The molecule has 1 unspecified atom stereocenters. The molecule has 0 saturated heterocycles. The maximum absolute atomic E-state index is 11.0. The summed E-state index contributed by atoms with van der Waals surface area (Å²) in [4.78, 5) is 19.2. The molecule has 0 aromatic carbocycles. The smallest absolute Gasteiger partial charge is 0.313 e. The Labute approximate surface area is 91.7 Å². The van der Waals surface area contributed by atoms with Gasteiger partial charge in [-0.15, -0.1) is 0 Å². The fourth-order valence-corrected chi connectivity index (χ4v) is 1.70. The first-order valence-electron chi connectivity index (χ1n) is 4.86. The van der Waals surface area contributed by atoms with Crippen LogP contribution in [0, 0.1) is 6.92 Å². The van der Waals surface area contributed by atoms with E-state index in [1.165, 1.54) is 0 Å². The van der Waals surface area contributed by atoms with Crippen LogP contribution in [0.2, 0.25) is 0 Å². The van der Waals surface area contributed by atoms with Crippen LogP contribution in [0.1, 0.15) is 17.4 Å². The largest absolute Gasteiger partial charge is 0.481 e. The van der Waals surface area contributed by atoms with Gasteiger partial charge in [-0.05, 0) is 6.92 Å². The molecule has 1 atom stereocenters. The lowest BCUT2D eigenvalue weighted by Crippen LogP contribution is -2.21. The van der Waals surface area contributed by atoms with Gasteiger partial charge in [0.05, 0.1) is 17.4 Å². The third kappa shape index (κ3) is 1.53. The molecule has 0 amide bonds. The van der Waals surface area contributed by atoms with Crippen molar-refractivity contribution in [2.45, 2.75) is 12.8 Å². The monoisotopic (exact) mass is 220 g/mol. The molecule has 6 heteroatoms. The maximum atomic E-state index is 11.0. The molecule has 0 saturated carbocycles. The van der Waals surface area contributed by atoms with Crippen molar-refractivity contribution < 1.29 is 9.90 Å². The van der Waals surface area contributed by atoms with Crippen LogP contribution in [0.3, 0.4) is 0 Å². The van der Waals surface area contributed by atoms with E-state index in [-0.39, 0.29) is 6.54 Å². The quantitative estimate of drug-likeness (QED) is 0.768. The second kappa shape index (κ2) is 3.90. The fourth-order valence-electron chi connectivity index (χ4n) is 1.70. The highest BCUT2D eigenvalue weighted by molar-refractivity contribution is 5.79. The van der Waals surface area contributed by atoms with E-state index in [1.807, 2.05) is 6.92 Å². The van der Waals surface area contributed by atoms with E-state index in [9.17, 15) is 4.79 Å². The first-order chi connectivity index (χ1) is 7.65. The average molecular weight is 220 g/mol. The Morgan fingerprint density at radius 2 is 2.44 bits per heavy atom. The predicted molar refractivity (Wildman–Crippen MR) is 57.2 cm³/mol. The molecule has 0 spiro atoms. The number of nitrogens with zero attached hydrogens (tertiary/aromatic N) is 3. The van der Waals surface area contributed by atoms with Crippen LogP contribution >= 0.6 is 0 Å². The van der Waals surface area contributed by atoms with Gasteiger partial charge in [0.15, 0.2) is 0 Å². The van der Waals surface area contributed by atoms with Crippen LogP contribution in [0.4, 0.5) is 0 Å². The Morgan fingerprint density at radius 1 is 1.69 bits per heavy atom. The van der Waals surface area contributed by atoms with Crippen LogP contribution < -0.4 is 5.73 Å². The van der Waals surface area contributed by atoms with E-state index in [0.717, 1.165) is 5.82 Å². The lowest BCUT2D eigenvalue weighted by Gasteiger charge is -2.06. The van der Waals surface area contributed by atoms with Gasteiger partial charge in [-0.1, -0.05) is 0 Å². The van der Waals surface area contributed by atoms with Crippen molar-refractivity contribution in [3.05, 3.63) is 30.1 Å². The summed E-state index contributed by atoms with van der Waals surface area (Å²) in [5.41, 5.74) is 6.62. The number of nitrogens with two attached hydrogens (primary N) is 1. The minimum Gasteiger partial charge on any atom is -0.481 e. The first kappa shape index (κ1) is 10.6. The van der Waals surface area contributed by atoms with Crippen molar-refractivity contribution in [3.63, 3.8) is 0 Å². The van der Waals surface area contributed by atoms with Gasteiger partial charge in [0, 0.05) is 18.9 Å². The zero-order valence-corrected chi connectivity index (χ0v) is 8.79. The van der Waals surface area contributed by atoms with Gasteiger partial charge in [0.1, 0.15) is 11.7 Å². The Morgan fingerprint density at radius 3 is 3.06 bits per heavy atom. The summed E-state index contributed by atoms with van der Waals surface area (Å²) in [6.45, 7) is 1.84. The highest BCUT2D eigenvalue weighted by atomic mass is 16.4. The van der Waals surface area contributed by atoms with Crippen molar-refractivity contribution in [1.29, 1.82) is 0 Å². The summed E-state index contributed by atoms with van der Waals surface area (Å²) >= 11 is 0. The molecule has 0 radical (unpaired) electrons. The molecule has 0 aliphatic heterocycles. The Balaban J connectivity index is 2.64. The fraction of sp³-hybridized carbons (Fsp3) is 0.300. The van der Waals surface area contributed by atoms with Gasteiger partial charge >= 0.3 is 5.97 Å². The minimum absolute atomic E-state index is 0.0241. The van der Waals surface area contributed by atoms with E-state index in [4.69, 9.17) is 10.8 Å². The molecule has 0 fully saturated rings. The molecule has 16 heavy (non-hydrogen) atoms. The van der Waals surface area contributed by atoms with E-state index in [0.29, 0.717) is 11.2 Å². The van der Waals surface area contributed by atoms with E-state index >= 15 is 0 Å². The summed E-state index contributed by atoms with van der Waals surface area (Å²) in [7, 11) is 0. The number of carboxylic acid groups (broad SMARTS) is 1. The van der Waals surface area contributed by atoms with Gasteiger partial charge in [0.2, 0.25) is 0 Å². The van der Waals surface area contributed by atoms with Crippen LogP contribution in [0.5, 0.6) is 0 Å². The lowest BCUT2D eigenvalue weighted by molar-refractivity contribution is -0.138. The number of aliphatic carboxylic acids is 1. The molecule has 0 bridgehead atoms. The predicted octanol–water partition coefficient (Wildman–Crippen LogP) is 0.165. The van der Waals surface area contributed by atoms with Crippen molar-refractivity contribution in [2.75, 3.05) is 6.54 Å². The van der Waals surface area contributed by atoms with E-state index in [2.05, 4.69) is 9.97 Å². The van der Waals surface area contributed by atoms with Gasteiger partial charge in [-0.25, -0.2) is 4.98 Å². The second-order valence-electron chi connectivity index (χ2n) is 3.50. The SMILES string of the molecule is Cc1nc(C(CN)C(=O)O)c2cnccn12. The Hall–Kier alpha value is -1.95. The van der Waals surface area contributed by atoms with Crippen molar-refractivity contribution in [2.24, 2.45) is 5.73 Å². The normalized spacial score (nSPS) is 12.9. The zero-order valence-electron chi connectivity index (χ0n) is 8.79. The van der Waals surface area contributed by atoms with Crippen LogP contribution in [-0.4, -0.2) is 32.0 Å². The molecule has 6 nitrogen and oxygen atoms in total. The molecular weight excluding hydrogens is 208 g/mol. The standard InChI is InChI=1S/C10H12N4O2/c1-6-13-9(7(4-11)10(15)16)8-5-12-2-3-14(6)8/h2-3,5,7H,4,11H2,1H3,(H,15,16). The van der Waals surface area contributed by atoms with E-state index < -0.39 is 11.9 Å². The molecule has 3 N–H and O–H groups in total. The minimum atomic E-state index is -0.966. The Kier molecular flexibility index (Phi) is 2.57. The Bertz CT molecular complexity index is 535. The molecular formula is C10H12N4O2. The molecule has 2 aromatic heterocycles. The van der Waals surface area contributed by atoms with Crippen molar-refractivity contribution in [3.8, 4) is 0 Å². The number of carboxylic acids is 1. The number of rotatable bonds is 3. The third-order valence-electron chi connectivity index (χ3n) is 2.52. The average Bonchev–Trinajstić information content (AvgIpc) is 2.58. The highest BCUT2D eigenvalue weighted by Crippen LogP contribution is 2.20. The molecule has 0 aliphatic carbocycles. The first-order valence-corrected chi connectivity index (χ1v) is 4.86. The lowest BCUT2D eigenvalue weighted by atomic mass is 10.1. The molecule has 2 rings (SSSR count). The van der Waals surface area contributed by atoms with Gasteiger partial charge < -0.3 is 15.2 Å². The van der Waals surface area contributed by atoms with Crippen LogP contribution in [0.25, 0.3) is 5.52 Å². The number of aryl methyl sites for hydroxylation is 1. The zero-order chi connectivity index (χ0) is 11.7. The summed E-state index contributed by atoms with van der Waals surface area (Å²) < 4.78 is 1.80. The molecule has 0 aliphatic rings. The van der Waals surface area contributed by atoms with Crippen molar-refractivity contribution in [1.82, 2.24) is 14.4 Å². The second-order valence-corrected chi connectivity index (χ2v) is 3.50. The number of imidazole rings is 1. The topological polar surface area (TPSA) is 93.5 Å². The number of aromatic nitrogens is 3.